The van der Waals surface area contributed by atoms with Crippen LogP contribution in [-0.4, -0.2) is 12.1 Å². The number of ether oxygens (including phenoxy) is 1. The van der Waals surface area contributed by atoms with Crippen molar-refractivity contribution in [3.8, 4) is 17.0 Å². The quantitative estimate of drug-likeness (QED) is 0.717. The topological polar surface area (TPSA) is 34.1 Å². The van der Waals surface area contributed by atoms with Crippen LogP contribution in [0.5, 0.6) is 5.75 Å². The number of hydrogen-bond donors (Lipinski definition) is 1. The second kappa shape index (κ2) is 6.16. The van der Waals surface area contributed by atoms with E-state index in [1.165, 1.54) is 0 Å². The Balaban J connectivity index is 1.90. The summed E-state index contributed by atoms with van der Waals surface area (Å²) in [5.74, 6) is 0.760. The van der Waals surface area contributed by atoms with Gasteiger partial charge in [0.15, 0.2) is 5.13 Å². The molecule has 0 fully saturated rings. The summed E-state index contributed by atoms with van der Waals surface area (Å²) >= 11 is 7.61. The molecule has 0 aliphatic heterocycles. The number of nitrogens with one attached hydrogen (secondary N) is 1. The van der Waals surface area contributed by atoms with Crippen LogP contribution >= 0.6 is 22.9 Å². The molecule has 106 valence electrons. The van der Waals surface area contributed by atoms with Gasteiger partial charge in [-0.2, -0.15) is 0 Å². The molecule has 0 bridgehead atoms. The summed E-state index contributed by atoms with van der Waals surface area (Å²) in [6.45, 7) is 0. The van der Waals surface area contributed by atoms with Crippen LogP contribution in [-0.2, 0) is 0 Å². The van der Waals surface area contributed by atoms with Gasteiger partial charge in [-0.1, -0.05) is 29.8 Å². The third kappa shape index (κ3) is 3.17. The predicted octanol–water partition coefficient (Wildman–Crippen LogP) is 5.22. The molecule has 1 aromatic heterocycles. The second-order valence-corrected chi connectivity index (χ2v) is 5.67. The van der Waals surface area contributed by atoms with Crippen LogP contribution < -0.4 is 10.1 Å². The van der Waals surface area contributed by atoms with Gasteiger partial charge in [0.05, 0.1) is 12.8 Å². The van der Waals surface area contributed by atoms with Crippen LogP contribution in [0.25, 0.3) is 11.3 Å². The van der Waals surface area contributed by atoms with E-state index in [0.29, 0.717) is 5.02 Å². The lowest BCUT2D eigenvalue weighted by Crippen LogP contribution is -1.90. The maximum atomic E-state index is 6.06. The first kappa shape index (κ1) is 13.9. The van der Waals surface area contributed by atoms with E-state index < -0.39 is 0 Å². The van der Waals surface area contributed by atoms with Crippen LogP contribution in [0.4, 0.5) is 10.8 Å². The van der Waals surface area contributed by atoms with Gasteiger partial charge in [0.25, 0.3) is 0 Å². The smallest absolute Gasteiger partial charge is 0.187 e. The van der Waals surface area contributed by atoms with Crippen molar-refractivity contribution in [2.75, 3.05) is 12.4 Å². The average molecular weight is 317 g/mol. The molecule has 0 amide bonds. The number of halogens is 1. The van der Waals surface area contributed by atoms with E-state index in [9.17, 15) is 0 Å². The van der Waals surface area contributed by atoms with Gasteiger partial charge in [-0.25, -0.2) is 4.98 Å². The summed E-state index contributed by atoms with van der Waals surface area (Å²) in [6, 6.07) is 15.5. The molecule has 0 radical (unpaired) electrons. The number of methoxy groups -OCH3 is 1. The van der Waals surface area contributed by atoms with Crippen LogP contribution in [0.15, 0.2) is 53.9 Å². The van der Waals surface area contributed by atoms with Crippen LogP contribution in [0, 0.1) is 0 Å². The predicted molar refractivity (Wildman–Crippen MR) is 88.8 cm³/mol. The number of hydrogen-bond acceptors (Lipinski definition) is 4. The highest BCUT2D eigenvalue weighted by atomic mass is 35.5. The number of anilines is 2. The molecule has 21 heavy (non-hydrogen) atoms. The fourth-order valence-electron chi connectivity index (χ4n) is 1.98. The molecule has 1 heterocycles. The Bertz CT molecular complexity index is 743. The Labute approximate surface area is 132 Å². The largest absolute Gasteiger partial charge is 0.496 e. The molecule has 3 nitrogen and oxygen atoms in total. The first-order valence-electron chi connectivity index (χ1n) is 6.38. The fraction of sp³-hybridized carbons (Fsp3) is 0.0625. The molecule has 0 aliphatic carbocycles. The van der Waals surface area contributed by atoms with Crippen LogP contribution in [0.3, 0.4) is 0 Å². The number of benzene rings is 2. The normalized spacial score (nSPS) is 10.4. The van der Waals surface area contributed by atoms with E-state index >= 15 is 0 Å². The Kier molecular flexibility index (Phi) is 4.08. The molecule has 3 aromatic rings. The monoisotopic (exact) mass is 316 g/mol. The number of rotatable bonds is 4. The number of thiazole rings is 1. The summed E-state index contributed by atoms with van der Waals surface area (Å²) in [5.41, 5.74) is 2.75. The maximum Gasteiger partial charge on any atom is 0.187 e. The summed E-state index contributed by atoms with van der Waals surface area (Å²) in [4.78, 5) is 4.59. The summed E-state index contributed by atoms with van der Waals surface area (Å²) in [5, 5.41) is 6.76. The minimum atomic E-state index is 0.663. The minimum absolute atomic E-state index is 0.663. The van der Waals surface area contributed by atoms with Crippen molar-refractivity contribution in [1.82, 2.24) is 4.98 Å². The van der Waals surface area contributed by atoms with Crippen molar-refractivity contribution in [2.24, 2.45) is 0 Å². The molecule has 0 atom stereocenters. The lowest BCUT2D eigenvalue weighted by atomic mass is 10.1. The lowest BCUT2D eigenvalue weighted by Gasteiger charge is -2.06. The lowest BCUT2D eigenvalue weighted by molar-refractivity contribution is 0.416. The van der Waals surface area contributed by atoms with Gasteiger partial charge in [-0.3, -0.25) is 0 Å². The molecule has 0 saturated heterocycles. The Morgan fingerprint density at radius 1 is 1.14 bits per heavy atom. The summed E-state index contributed by atoms with van der Waals surface area (Å²) < 4.78 is 5.37. The molecule has 0 unspecified atom stereocenters. The van der Waals surface area contributed by atoms with Gasteiger partial charge in [-0.05, 0) is 30.3 Å². The van der Waals surface area contributed by atoms with Crippen LogP contribution in [0.2, 0.25) is 5.02 Å². The first-order chi connectivity index (χ1) is 10.3. The Hall–Kier alpha value is -2.04. The van der Waals surface area contributed by atoms with Crippen LogP contribution in [0.1, 0.15) is 0 Å². The molecule has 0 saturated carbocycles. The molecule has 5 heteroatoms. The van der Waals surface area contributed by atoms with Gasteiger partial charge < -0.3 is 10.1 Å². The van der Waals surface area contributed by atoms with E-state index in [0.717, 1.165) is 27.8 Å². The zero-order valence-electron chi connectivity index (χ0n) is 11.3. The molecule has 3 rings (SSSR count). The first-order valence-corrected chi connectivity index (χ1v) is 7.63. The highest BCUT2D eigenvalue weighted by molar-refractivity contribution is 7.14. The Morgan fingerprint density at radius 3 is 2.71 bits per heavy atom. The van der Waals surface area contributed by atoms with Crippen molar-refractivity contribution in [1.29, 1.82) is 0 Å². The zero-order chi connectivity index (χ0) is 14.7. The van der Waals surface area contributed by atoms with Gasteiger partial charge in [0.1, 0.15) is 5.75 Å². The number of aromatic nitrogens is 1. The third-order valence-corrected chi connectivity index (χ3v) is 3.96. The highest BCUT2D eigenvalue weighted by Crippen LogP contribution is 2.34. The number of nitrogens with zero attached hydrogens (tertiary/aromatic N) is 1. The van der Waals surface area contributed by atoms with Crippen molar-refractivity contribution < 1.29 is 4.74 Å². The average Bonchev–Trinajstić information content (AvgIpc) is 2.96. The molecular weight excluding hydrogens is 304 g/mol. The molecule has 0 aliphatic rings. The standard InChI is InChI=1S/C16H13ClN2OS/c1-20-15-8-7-11(17)9-13(15)14-10-21-16(19-14)18-12-5-3-2-4-6-12/h2-10H,1H3,(H,18,19). The molecule has 2 aromatic carbocycles. The number of para-hydroxylation sites is 1. The van der Waals surface area contributed by atoms with Gasteiger partial charge in [-0.15, -0.1) is 11.3 Å². The van der Waals surface area contributed by atoms with Gasteiger partial charge >= 0.3 is 0 Å². The van der Waals surface area contributed by atoms with Gasteiger partial charge in [0.2, 0.25) is 0 Å². The van der Waals surface area contributed by atoms with E-state index in [1.54, 1.807) is 24.5 Å². The molecule has 1 N–H and O–H groups in total. The molecule has 0 spiro atoms. The summed E-state index contributed by atoms with van der Waals surface area (Å²) in [7, 11) is 1.64. The maximum absolute atomic E-state index is 6.06. The third-order valence-electron chi connectivity index (χ3n) is 2.97. The zero-order valence-corrected chi connectivity index (χ0v) is 12.9. The van der Waals surface area contributed by atoms with E-state index in [4.69, 9.17) is 16.3 Å². The SMILES string of the molecule is COc1ccc(Cl)cc1-c1csc(Nc2ccccc2)n1. The fourth-order valence-corrected chi connectivity index (χ4v) is 2.88. The second-order valence-electron chi connectivity index (χ2n) is 4.37. The van der Waals surface area contributed by atoms with Crippen molar-refractivity contribution >= 4 is 33.8 Å². The van der Waals surface area contributed by atoms with Crippen molar-refractivity contribution in [3.05, 3.63) is 58.9 Å². The van der Waals surface area contributed by atoms with Crippen molar-refractivity contribution in [3.63, 3.8) is 0 Å². The minimum Gasteiger partial charge on any atom is -0.496 e. The van der Waals surface area contributed by atoms with Gasteiger partial charge in [0, 0.05) is 21.7 Å². The highest BCUT2D eigenvalue weighted by Gasteiger charge is 2.11. The molecular formula is C16H13ClN2OS. The van der Waals surface area contributed by atoms with E-state index in [2.05, 4.69) is 10.3 Å². The Morgan fingerprint density at radius 2 is 1.95 bits per heavy atom. The summed E-state index contributed by atoms with van der Waals surface area (Å²) in [6.07, 6.45) is 0. The van der Waals surface area contributed by atoms with E-state index in [1.807, 2.05) is 47.8 Å². The van der Waals surface area contributed by atoms with E-state index in [-0.39, 0.29) is 0 Å². The van der Waals surface area contributed by atoms with Crippen molar-refractivity contribution in [2.45, 2.75) is 0 Å².